The number of hydrogen-bond acceptors (Lipinski definition) is 3. The first kappa shape index (κ1) is 17.4. The van der Waals surface area contributed by atoms with Crippen molar-refractivity contribution in [2.75, 3.05) is 25.5 Å². The number of ether oxygens (including phenoxy) is 1. The lowest BCUT2D eigenvalue weighted by atomic mass is 10.0. The standard InChI is InChI=1S/C19H20F2N2O2/c1-23-11-5-6-13(23)12-25-19(24)22-17-10-3-2-7-14(17)15-8-4-9-16(20)18(15)21/h2-4,7-10,13H,5-6,11-12H2,1H3,(H,22,24)/t13-/m0/s1. The van der Waals surface area contributed by atoms with E-state index in [4.69, 9.17) is 4.74 Å². The second-order valence-electron chi connectivity index (χ2n) is 6.15. The van der Waals surface area contributed by atoms with Crippen molar-refractivity contribution < 1.29 is 18.3 Å². The Bertz CT molecular complexity index is 767. The van der Waals surface area contributed by atoms with E-state index in [2.05, 4.69) is 10.2 Å². The molecule has 2 aromatic carbocycles. The summed E-state index contributed by atoms with van der Waals surface area (Å²) in [5.41, 5.74) is 0.859. The summed E-state index contributed by atoms with van der Waals surface area (Å²) in [6.45, 7) is 1.30. The van der Waals surface area contributed by atoms with Gasteiger partial charge in [-0.15, -0.1) is 0 Å². The molecule has 1 aliphatic rings. The van der Waals surface area contributed by atoms with E-state index in [1.807, 2.05) is 7.05 Å². The van der Waals surface area contributed by atoms with Crippen LogP contribution in [0.5, 0.6) is 0 Å². The van der Waals surface area contributed by atoms with Gasteiger partial charge in [-0.1, -0.05) is 30.3 Å². The van der Waals surface area contributed by atoms with Crippen molar-refractivity contribution in [3.05, 3.63) is 54.1 Å². The van der Waals surface area contributed by atoms with Crippen molar-refractivity contribution in [2.24, 2.45) is 0 Å². The number of amides is 1. The number of anilines is 1. The van der Waals surface area contributed by atoms with E-state index in [1.165, 1.54) is 12.1 Å². The van der Waals surface area contributed by atoms with Crippen LogP contribution in [0.15, 0.2) is 42.5 Å². The molecule has 0 unspecified atom stereocenters. The first-order valence-electron chi connectivity index (χ1n) is 8.23. The average Bonchev–Trinajstić information content (AvgIpc) is 3.01. The summed E-state index contributed by atoms with van der Waals surface area (Å²) in [4.78, 5) is 14.2. The summed E-state index contributed by atoms with van der Waals surface area (Å²) in [5, 5.41) is 2.63. The number of para-hydroxylation sites is 1. The average molecular weight is 346 g/mol. The third-order valence-electron chi connectivity index (χ3n) is 4.48. The number of likely N-dealkylation sites (tertiary alicyclic amines) is 1. The highest BCUT2D eigenvalue weighted by molar-refractivity contribution is 5.91. The molecule has 132 valence electrons. The third-order valence-corrected chi connectivity index (χ3v) is 4.48. The fraction of sp³-hybridized carbons (Fsp3) is 0.316. The lowest BCUT2D eigenvalue weighted by Crippen LogP contribution is -2.31. The Kier molecular flexibility index (Phi) is 5.28. The number of nitrogens with zero attached hydrogens (tertiary/aromatic N) is 1. The molecule has 1 saturated heterocycles. The molecule has 1 aliphatic heterocycles. The Morgan fingerprint density at radius 3 is 2.72 bits per heavy atom. The zero-order chi connectivity index (χ0) is 17.8. The van der Waals surface area contributed by atoms with Crippen molar-refractivity contribution in [1.82, 2.24) is 4.90 Å². The van der Waals surface area contributed by atoms with E-state index >= 15 is 0 Å². The molecular weight excluding hydrogens is 326 g/mol. The maximum absolute atomic E-state index is 14.1. The van der Waals surface area contributed by atoms with E-state index in [9.17, 15) is 13.6 Å². The Labute approximate surface area is 145 Å². The van der Waals surface area contributed by atoms with Crippen LogP contribution in [0.3, 0.4) is 0 Å². The second kappa shape index (κ2) is 7.61. The van der Waals surface area contributed by atoms with Crippen molar-refractivity contribution in [3.63, 3.8) is 0 Å². The Balaban J connectivity index is 1.72. The highest BCUT2D eigenvalue weighted by Gasteiger charge is 2.22. The normalized spacial score (nSPS) is 17.5. The van der Waals surface area contributed by atoms with Crippen LogP contribution >= 0.6 is 0 Å². The quantitative estimate of drug-likeness (QED) is 0.899. The summed E-state index contributed by atoms with van der Waals surface area (Å²) in [7, 11) is 2.00. The minimum Gasteiger partial charge on any atom is -0.448 e. The molecule has 1 fully saturated rings. The molecule has 0 spiro atoms. The number of likely N-dealkylation sites (N-methyl/N-ethyl adjacent to an activating group) is 1. The van der Waals surface area contributed by atoms with Gasteiger partial charge >= 0.3 is 6.09 Å². The minimum atomic E-state index is -0.947. The van der Waals surface area contributed by atoms with E-state index < -0.39 is 17.7 Å². The number of benzene rings is 2. The number of hydrogen-bond donors (Lipinski definition) is 1. The summed E-state index contributed by atoms with van der Waals surface area (Å²) in [6.07, 6.45) is 1.48. The Morgan fingerprint density at radius 1 is 1.20 bits per heavy atom. The summed E-state index contributed by atoms with van der Waals surface area (Å²) < 4.78 is 32.9. The molecule has 1 atom stereocenters. The number of carbonyl (C=O) groups is 1. The first-order valence-corrected chi connectivity index (χ1v) is 8.23. The van der Waals surface area contributed by atoms with Crippen LogP contribution in [0.2, 0.25) is 0 Å². The molecule has 3 rings (SSSR count). The maximum Gasteiger partial charge on any atom is 0.411 e. The number of halogens is 2. The first-order chi connectivity index (χ1) is 12.1. The molecule has 0 bridgehead atoms. The van der Waals surface area contributed by atoms with Gasteiger partial charge in [-0.05, 0) is 38.6 Å². The van der Waals surface area contributed by atoms with Crippen LogP contribution in [0.1, 0.15) is 12.8 Å². The molecule has 1 amide bonds. The highest BCUT2D eigenvalue weighted by Crippen LogP contribution is 2.31. The monoisotopic (exact) mass is 346 g/mol. The summed E-state index contributed by atoms with van der Waals surface area (Å²) in [6, 6.07) is 10.8. The van der Waals surface area contributed by atoms with E-state index in [1.54, 1.807) is 24.3 Å². The van der Waals surface area contributed by atoms with E-state index in [0.29, 0.717) is 17.9 Å². The molecule has 1 N–H and O–H groups in total. The van der Waals surface area contributed by atoms with Crippen molar-refractivity contribution in [2.45, 2.75) is 18.9 Å². The highest BCUT2D eigenvalue weighted by atomic mass is 19.2. The molecule has 6 heteroatoms. The summed E-state index contributed by atoms with van der Waals surface area (Å²) >= 11 is 0. The van der Waals surface area contributed by atoms with Crippen LogP contribution in [0.25, 0.3) is 11.1 Å². The van der Waals surface area contributed by atoms with E-state index in [-0.39, 0.29) is 11.6 Å². The van der Waals surface area contributed by atoms with Gasteiger partial charge in [0, 0.05) is 17.2 Å². The van der Waals surface area contributed by atoms with Crippen molar-refractivity contribution >= 4 is 11.8 Å². The van der Waals surface area contributed by atoms with Gasteiger partial charge in [-0.2, -0.15) is 0 Å². The van der Waals surface area contributed by atoms with Gasteiger partial charge in [0.25, 0.3) is 0 Å². The van der Waals surface area contributed by atoms with Crippen LogP contribution in [0, 0.1) is 11.6 Å². The molecule has 1 heterocycles. The topological polar surface area (TPSA) is 41.6 Å². The smallest absolute Gasteiger partial charge is 0.411 e. The Morgan fingerprint density at radius 2 is 1.96 bits per heavy atom. The molecule has 0 aromatic heterocycles. The van der Waals surface area contributed by atoms with Crippen LogP contribution in [-0.4, -0.2) is 37.2 Å². The van der Waals surface area contributed by atoms with Crippen LogP contribution < -0.4 is 5.32 Å². The lowest BCUT2D eigenvalue weighted by molar-refractivity contribution is 0.127. The van der Waals surface area contributed by atoms with Gasteiger partial charge in [0.1, 0.15) is 6.61 Å². The van der Waals surface area contributed by atoms with Gasteiger partial charge in [0.2, 0.25) is 0 Å². The van der Waals surface area contributed by atoms with Gasteiger partial charge in [-0.25, -0.2) is 13.6 Å². The predicted octanol–water partition coefficient (Wildman–Crippen LogP) is 4.27. The number of nitrogens with one attached hydrogen (secondary N) is 1. The van der Waals surface area contributed by atoms with Gasteiger partial charge in [-0.3, -0.25) is 5.32 Å². The molecule has 0 radical (unpaired) electrons. The molecular formula is C19H20F2N2O2. The number of carbonyl (C=O) groups excluding carboxylic acids is 1. The molecule has 4 nitrogen and oxygen atoms in total. The predicted molar refractivity (Wildman–Crippen MR) is 92.4 cm³/mol. The molecule has 2 aromatic rings. The van der Waals surface area contributed by atoms with Gasteiger partial charge in [0.05, 0.1) is 5.69 Å². The molecule has 0 saturated carbocycles. The second-order valence-corrected chi connectivity index (χ2v) is 6.15. The van der Waals surface area contributed by atoms with Gasteiger partial charge in [0.15, 0.2) is 11.6 Å². The van der Waals surface area contributed by atoms with Crippen molar-refractivity contribution in [3.8, 4) is 11.1 Å². The lowest BCUT2D eigenvalue weighted by Gasteiger charge is -2.19. The van der Waals surface area contributed by atoms with E-state index in [0.717, 1.165) is 25.5 Å². The largest absolute Gasteiger partial charge is 0.448 e. The maximum atomic E-state index is 14.1. The van der Waals surface area contributed by atoms with Crippen molar-refractivity contribution in [1.29, 1.82) is 0 Å². The SMILES string of the molecule is CN1CCC[C@H]1COC(=O)Nc1ccccc1-c1cccc(F)c1F. The minimum absolute atomic E-state index is 0.0893. The third kappa shape index (κ3) is 3.96. The molecule has 25 heavy (non-hydrogen) atoms. The number of rotatable bonds is 4. The Hall–Kier alpha value is -2.47. The van der Waals surface area contributed by atoms with Crippen LogP contribution in [0.4, 0.5) is 19.3 Å². The molecule has 0 aliphatic carbocycles. The fourth-order valence-electron chi connectivity index (χ4n) is 3.05. The zero-order valence-corrected chi connectivity index (χ0v) is 14.0. The fourth-order valence-corrected chi connectivity index (χ4v) is 3.05. The van der Waals surface area contributed by atoms with Gasteiger partial charge < -0.3 is 9.64 Å². The zero-order valence-electron chi connectivity index (χ0n) is 14.0. The van der Waals surface area contributed by atoms with Crippen LogP contribution in [-0.2, 0) is 4.74 Å². The summed E-state index contributed by atoms with van der Waals surface area (Å²) in [5.74, 6) is -1.88.